The highest BCUT2D eigenvalue weighted by Gasteiger charge is 2.17. The molecule has 0 unspecified atom stereocenters. The maximum atomic E-state index is 12.0. The van der Waals surface area contributed by atoms with Crippen LogP contribution in [0, 0.1) is 0 Å². The summed E-state index contributed by atoms with van der Waals surface area (Å²) < 4.78 is 28.4. The Hall–Kier alpha value is -0.620. The van der Waals surface area contributed by atoms with Crippen molar-refractivity contribution in [2.75, 3.05) is 26.2 Å². The Morgan fingerprint density at radius 2 is 1.65 bits per heavy atom. The maximum Gasteiger partial charge on any atom is 0.387 e. The van der Waals surface area contributed by atoms with Crippen molar-refractivity contribution in [3.63, 3.8) is 0 Å². The third-order valence-electron chi connectivity index (χ3n) is 3.29. The predicted molar refractivity (Wildman–Crippen MR) is 80.4 cm³/mol. The number of hydrogen-bond acceptors (Lipinski definition) is 3. The molecule has 1 N–H and O–H groups in total. The summed E-state index contributed by atoms with van der Waals surface area (Å²) in [5.74, 6) is 0.210. The lowest BCUT2D eigenvalue weighted by Gasteiger charge is -2.33. The number of benzene rings is 1. The summed E-state index contributed by atoms with van der Waals surface area (Å²) in [6.45, 7) is 3.39. The monoisotopic (exact) mass is 328 g/mol. The van der Waals surface area contributed by atoms with Gasteiger partial charge in [-0.05, 0) is 24.6 Å². The fraction of sp³-hybridized carbons (Fsp3) is 0.538. The maximum absolute atomic E-state index is 12.0. The lowest BCUT2D eigenvalue weighted by atomic mass is 10.1. The summed E-state index contributed by atoms with van der Waals surface area (Å²) >= 11 is 0. The van der Waals surface area contributed by atoms with Gasteiger partial charge in [-0.1, -0.05) is 12.1 Å². The molecule has 1 aliphatic heterocycles. The Bertz CT molecular complexity index is 373. The van der Waals surface area contributed by atoms with Gasteiger partial charge >= 0.3 is 6.61 Å². The van der Waals surface area contributed by atoms with Gasteiger partial charge in [0.15, 0.2) is 0 Å². The van der Waals surface area contributed by atoms with Crippen LogP contribution in [0.3, 0.4) is 0 Å². The molecule has 1 atom stereocenters. The van der Waals surface area contributed by atoms with Crippen LogP contribution < -0.4 is 10.1 Å². The van der Waals surface area contributed by atoms with Gasteiger partial charge in [0.2, 0.25) is 0 Å². The van der Waals surface area contributed by atoms with E-state index in [-0.39, 0.29) is 30.6 Å². The average Bonchev–Trinajstić information content (AvgIpc) is 2.39. The minimum Gasteiger partial charge on any atom is -0.435 e. The van der Waals surface area contributed by atoms with Crippen LogP contribution in [0.2, 0.25) is 0 Å². The Labute approximate surface area is 130 Å². The van der Waals surface area contributed by atoms with Crippen LogP contribution in [0.4, 0.5) is 8.78 Å². The fourth-order valence-electron chi connectivity index (χ4n) is 2.21. The number of hydrogen-bond donors (Lipinski definition) is 1. The number of nitrogens with one attached hydrogen (secondary N) is 1. The first-order valence-corrected chi connectivity index (χ1v) is 6.16. The second-order valence-corrected chi connectivity index (χ2v) is 4.41. The van der Waals surface area contributed by atoms with E-state index >= 15 is 0 Å². The van der Waals surface area contributed by atoms with Gasteiger partial charge < -0.3 is 10.1 Å². The third kappa shape index (κ3) is 5.40. The van der Waals surface area contributed by atoms with E-state index in [2.05, 4.69) is 21.9 Å². The van der Waals surface area contributed by atoms with Crippen LogP contribution in [-0.2, 0) is 0 Å². The van der Waals surface area contributed by atoms with Crippen LogP contribution in [0.1, 0.15) is 18.5 Å². The number of piperazine rings is 1. The zero-order chi connectivity index (χ0) is 13.0. The zero-order valence-corrected chi connectivity index (χ0v) is 12.9. The Balaban J connectivity index is 0.00000180. The summed E-state index contributed by atoms with van der Waals surface area (Å²) in [6, 6.07) is 7.20. The number of nitrogens with zero attached hydrogens (tertiary/aromatic N) is 1. The zero-order valence-electron chi connectivity index (χ0n) is 11.2. The molecule has 1 heterocycles. The molecular weight excluding hydrogens is 309 g/mol. The molecule has 20 heavy (non-hydrogen) atoms. The van der Waals surface area contributed by atoms with Crippen molar-refractivity contribution in [2.24, 2.45) is 0 Å². The summed E-state index contributed by atoms with van der Waals surface area (Å²) in [5, 5.41) is 3.31. The van der Waals surface area contributed by atoms with Crippen LogP contribution in [0.25, 0.3) is 0 Å². The largest absolute Gasteiger partial charge is 0.435 e. The summed E-state index contributed by atoms with van der Waals surface area (Å²) in [7, 11) is 0. The molecule has 0 aromatic heterocycles. The molecule has 0 saturated carbocycles. The van der Waals surface area contributed by atoms with Crippen LogP contribution in [0.15, 0.2) is 24.3 Å². The van der Waals surface area contributed by atoms with Crippen LogP contribution in [-0.4, -0.2) is 37.7 Å². The van der Waals surface area contributed by atoms with Crippen molar-refractivity contribution < 1.29 is 13.5 Å². The molecule has 0 bridgehead atoms. The van der Waals surface area contributed by atoms with E-state index in [9.17, 15) is 8.78 Å². The van der Waals surface area contributed by atoms with Crippen LogP contribution >= 0.6 is 24.8 Å². The first-order chi connectivity index (χ1) is 8.66. The second kappa shape index (κ2) is 9.34. The SMILES string of the molecule is C[C@H](c1ccc(OC(F)F)cc1)N1CCNCC1.Cl.Cl. The highest BCUT2D eigenvalue weighted by Crippen LogP contribution is 2.23. The van der Waals surface area contributed by atoms with Gasteiger partial charge in [-0.15, -0.1) is 24.8 Å². The van der Waals surface area contributed by atoms with Crippen LogP contribution in [0.5, 0.6) is 5.75 Å². The molecule has 3 nitrogen and oxygen atoms in total. The van der Waals surface area contributed by atoms with E-state index in [1.54, 1.807) is 12.1 Å². The molecule has 1 fully saturated rings. The van der Waals surface area contributed by atoms with Gasteiger partial charge in [-0.2, -0.15) is 8.78 Å². The van der Waals surface area contributed by atoms with Crippen molar-refractivity contribution in [1.29, 1.82) is 0 Å². The van der Waals surface area contributed by atoms with Gasteiger partial charge in [-0.3, -0.25) is 4.90 Å². The standard InChI is InChI=1S/C13H18F2N2O.2ClH/c1-10(17-8-6-16-7-9-17)11-2-4-12(5-3-11)18-13(14)15;;/h2-5,10,13,16H,6-9H2,1H3;2*1H/t10-;;/m1../s1. The van der Waals surface area contributed by atoms with Gasteiger partial charge in [0, 0.05) is 32.2 Å². The highest BCUT2D eigenvalue weighted by molar-refractivity contribution is 5.85. The topological polar surface area (TPSA) is 24.5 Å². The van der Waals surface area contributed by atoms with E-state index in [4.69, 9.17) is 0 Å². The molecule has 0 spiro atoms. The quantitative estimate of drug-likeness (QED) is 0.919. The van der Waals surface area contributed by atoms with E-state index in [1.807, 2.05) is 12.1 Å². The number of alkyl halides is 2. The Kier molecular flexibility index (Phi) is 9.05. The van der Waals surface area contributed by atoms with Gasteiger partial charge in [0.1, 0.15) is 5.75 Å². The molecule has 7 heteroatoms. The molecule has 2 rings (SSSR count). The number of halogens is 4. The average molecular weight is 329 g/mol. The number of ether oxygens (including phenoxy) is 1. The van der Waals surface area contributed by atoms with Crippen molar-refractivity contribution in [2.45, 2.75) is 19.6 Å². The second-order valence-electron chi connectivity index (χ2n) is 4.41. The first kappa shape index (κ1) is 19.4. The molecule has 116 valence electrons. The molecule has 0 radical (unpaired) electrons. The van der Waals surface area contributed by atoms with Crippen molar-refractivity contribution in [3.05, 3.63) is 29.8 Å². The molecular formula is C13H20Cl2F2N2O. The summed E-state index contributed by atoms with van der Waals surface area (Å²) in [6.07, 6.45) is 0. The number of rotatable bonds is 4. The minimum absolute atomic E-state index is 0. The predicted octanol–water partition coefficient (Wildman–Crippen LogP) is 3.10. The normalized spacial score (nSPS) is 17.0. The fourth-order valence-corrected chi connectivity index (χ4v) is 2.21. The Morgan fingerprint density at radius 1 is 1.10 bits per heavy atom. The molecule has 0 amide bonds. The van der Waals surface area contributed by atoms with Crippen molar-refractivity contribution >= 4 is 24.8 Å². The van der Waals surface area contributed by atoms with E-state index in [0.717, 1.165) is 31.7 Å². The summed E-state index contributed by atoms with van der Waals surface area (Å²) in [5.41, 5.74) is 1.12. The highest BCUT2D eigenvalue weighted by atomic mass is 35.5. The molecule has 1 aromatic carbocycles. The lowest BCUT2D eigenvalue weighted by molar-refractivity contribution is -0.0498. The molecule has 1 saturated heterocycles. The van der Waals surface area contributed by atoms with E-state index in [1.165, 1.54) is 0 Å². The first-order valence-electron chi connectivity index (χ1n) is 6.16. The molecule has 1 aromatic rings. The molecule has 0 aliphatic carbocycles. The Morgan fingerprint density at radius 3 is 2.15 bits per heavy atom. The van der Waals surface area contributed by atoms with Gasteiger partial charge in [0.05, 0.1) is 0 Å². The van der Waals surface area contributed by atoms with E-state index in [0.29, 0.717) is 6.04 Å². The summed E-state index contributed by atoms with van der Waals surface area (Å²) in [4.78, 5) is 2.37. The lowest BCUT2D eigenvalue weighted by Crippen LogP contribution is -2.44. The van der Waals surface area contributed by atoms with Crippen molar-refractivity contribution in [1.82, 2.24) is 10.2 Å². The smallest absolute Gasteiger partial charge is 0.387 e. The van der Waals surface area contributed by atoms with Gasteiger partial charge in [-0.25, -0.2) is 0 Å². The molecule has 1 aliphatic rings. The van der Waals surface area contributed by atoms with Crippen molar-refractivity contribution in [3.8, 4) is 5.75 Å². The third-order valence-corrected chi connectivity index (χ3v) is 3.29. The van der Waals surface area contributed by atoms with E-state index < -0.39 is 6.61 Å². The minimum atomic E-state index is -2.76. The van der Waals surface area contributed by atoms with Gasteiger partial charge in [0.25, 0.3) is 0 Å².